The van der Waals surface area contributed by atoms with Gasteiger partial charge in [-0.25, -0.2) is 4.68 Å². The molecule has 1 aliphatic heterocycles. The first-order valence-corrected chi connectivity index (χ1v) is 6.28. The zero-order valence-corrected chi connectivity index (χ0v) is 10.5. The Morgan fingerprint density at radius 3 is 2.81 bits per heavy atom. The summed E-state index contributed by atoms with van der Waals surface area (Å²) in [6.07, 6.45) is 3.74. The van der Waals surface area contributed by atoms with Crippen LogP contribution in [0.1, 0.15) is 38.8 Å². The SMILES string of the molecule is CCC1CCCN1c1c(N)c(C)nn1CC. The number of nitrogens with two attached hydrogens (primary N) is 1. The molecule has 1 aromatic heterocycles. The number of aryl methyl sites for hydroxylation is 2. The van der Waals surface area contributed by atoms with E-state index in [1.165, 1.54) is 19.3 Å². The van der Waals surface area contributed by atoms with Crippen LogP contribution in [0.3, 0.4) is 0 Å². The van der Waals surface area contributed by atoms with E-state index in [1.807, 2.05) is 11.6 Å². The molecule has 0 radical (unpaired) electrons. The van der Waals surface area contributed by atoms with Gasteiger partial charge >= 0.3 is 0 Å². The number of hydrogen-bond acceptors (Lipinski definition) is 3. The van der Waals surface area contributed by atoms with Crippen molar-refractivity contribution < 1.29 is 0 Å². The van der Waals surface area contributed by atoms with Crippen molar-refractivity contribution >= 4 is 11.5 Å². The van der Waals surface area contributed by atoms with Crippen molar-refractivity contribution in [2.45, 2.75) is 52.6 Å². The summed E-state index contributed by atoms with van der Waals surface area (Å²) in [7, 11) is 0. The van der Waals surface area contributed by atoms with Gasteiger partial charge in [-0.15, -0.1) is 0 Å². The lowest BCUT2D eigenvalue weighted by molar-refractivity contribution is 0.595. The highest BCUT2D eigenvalue weighted by Gasteiger charge is 2.28. The predicted molar refractivity (Wildman–Crippen MR) is 67.7 cm³/mol. The van der Waals surface area contributed by atoms with Crippen LogP contribution in [-0.4, -0.2) is 22.4 Å². The van der Waals surface area contributed by atoms with Crippen molar-refractivity contribution in [3.8, 4) is 0 Å². The van der Waals surface area contributed by atoms with Crippen LogP contribution in [0.2, 0.25) is 0 Å². The zero-order chi connectivity index (χ0) is 11.7. The molecule has 0 amide bonds. The summed E-state index contributed by atoms with van der Waals surface area (Å²) in [5.41, 5.74) is 7.97. The monoisotopic (exact) mass is 222 g/mol. The molecule has 1 aliphatic rings. The molecule has 0 aliphatic carbocycles. The molecule has 1 atom stereocenters. The highest BCUT2D eigenvalue weighted by Crippen LogP contribution is 2.33. The van der Waals surface area contributed by atoms with Gasteiger partial charge in [0.05, 0.1) is 11.4 Å². The smallest absolute Gasteiger partial charge is 0.150 e. The minimum absolute atomic E-state index is 0.642. The van der Waals surface area contributed by atoms with E-state index in [0.717, 1.165) is 30.3 Å². The van der Waals surface area contributed by atoms with E-state index in [2.05, 4.69) is 23.8 Å². The number of aromatic nitrogens is 2. The molecular weight excluding hydrogens is 200 g/mol. The molecule has 4 nitrogen and oxygen atoms in total. The van der Waals surface area contributed by atoms with E-state index in [1.54, 1.807) is 0 Å². The summed E-state index contributed by atoms with van der Waals surface area (Å²) in [5.74, 6) is 1.14. The Bertz CT molecular complexity index is 369. The van der Waals surface area contributed by atoms with Gasteiger partial charge in [0, 0.05) is 19.1 Å². The Morgan fingerprint density at radius 2 is 2.19 bits per heavy atom. The van der Waals surface area contributed by atoms with Gasteiger partial charge in [-0.3, -0.25) is 0 Å². The normalized spacial score (nSPS) is 20.7. The standard InChI is InChI=1S/C12H22N4/c1-4-10-7-6-8-15(10)12-11(13)9(3)14-16(12)5-2/h10H,4-8,13H2,1-3H3. The summed E-state index contributed by atoms with van der Waals surface area (Å²) >= 11 is 0. The lowest BCUT2D eigenvalue weighted by Gasteiger charge is -2.26. The summed E-state index contributed by atoms with van der Waals surface area (Å²) in [5, 5.41) is 4.49. The Hall–Kier alpha value is -1.19. The van der Waals surface area contributed by atoms with Gasteiger partial charge in [-0.05, 0) is 33.1 Å². The Kier molecular flexibility index (Phi) is 3.08. The number of rotatable bonds is 3. The summed E-state index contributed by atoms with van der Waals surface area (Å²) < 4.78 is 2.04. The van der Waals surface area contributed by atoms with Crippen molar-refractivity contribution in [3.63, 3.8) is 0 Å². The van der Waals surface area contributed by atoms with Gasteiger partial charge in [-0.2, -0.15) is 5.10 Å². The first-order valence-electron chi connectivity index (χ1n) is 6.28. The van der Waals surface area contributed by atoms with Crippen LogP contribution in [0.25, 0.3) is 0 Å². The first kappa shape index (κ1) is 11.3. The largest absolute Gasteiger partial charge is 0.394 e. The second kappa shape index (κ2) is 4.36. The average molecular weight is 222 g/mol. The third kappa shape index (κ3) is 1.66. The van der Waals surface area contributed by atoms with Crippen LogP contribution in [0.4, 0.5) is 11.5 Å². The molecule has 1 saturated heterocycles. The third-order valence-electron chi connectivity index (χ3n) is 3.57. The third-order valence-corrected chi connectivity index (χ3v) is 3.57. The number of nitrogen functional groups attached to an aromatic ring is 1. The lowest BCUT2D eigenvalue weighted by Crippen LogP contribution is -2.31. The number of anilines is 2. The topological polar surface area (TPSA) is 47.1 Å². The highest BCUT2D eigenvalue weighted by atomic mass is 15.4. The molecule has 0 bridgehead atoms. The minimum atomic E-state index is 0.642. The summed E-state index contributed by atoms with van der Waals surface area (Å²) in [6, 6.07) is 0.642. The highest BCUT2D eigenvalue weighted by molar-refractivity contribution is 5.67. The molecule has 90 valence electrons. The zero-order valence-electron chi connectivity index (χ0n) is 10.5. The van der Waals surface area contributed by atoms with E-state index < -0.39 is 0 Å². The second-order valence-electron chi connectivity index (χ2n) is 4.54. The number of nitrogens with zero attached hydrogens (tertiary/aromatic N) is 3. The molecule has 4 heteroatoms. The van der Waals surface area contributed by atoms with Crippen LogP contribution in [0.5, 0.6) is 0 Å². The molecule has 2 heterocycles. The van der Waals surface area contributed by atoms with E-state index in [-0.39, 0.29) is 0 Å². The Labute approximate surface area is 97.4 Å². The number of hydrogen-bond donors (Lipinski definition) is 1. The van der Waals surface area contributed by atoms with Crippen LogP contribution in [0, 0.1) is 6.92 Å². The van der Waals surface area contributed by atoms with E-state index >= 15 is 0 Å². The predicted octanol–water partition coefficient (Wildman–Crippen LogP) is 2.17. The quantitative estimate of drug-likeness (QED) is 0.852. The van der Waals surface area contributed by atoms with Gasteiger partial charge in [0.25, 0.3) is 0 Å². The van der Waals surface area contributed by atoms with Gasteiger partial charge in [-0.1, -0.05) is 6.92 Å². The average Bonchev–Trinajstić information content (AvgIpc) is 2.84. The van der Waals surface area contributed by atoms with Crippen LogP contribution >= 0.6 is 0 Å². The van der Waals surface area contributed by atoms with E-state index in [4.69, 9.17) is 5.73 Å². The molecule has 1 aromatic rings. The van der Waals surface area contributed by atoms with Gasteiger partial charge < -0.3 is 10.6 Å². The van der Waals surface area contributed by atoms with Gasteiger partial charge in [0.15, 0.2) is 5.82 Å². The van der Waals surface area contributed by atoms with Gasteiger partial charge in [0.2, 0.25) is 0 Å². The van der Waals surface area contributed by atoms with E-state index in [9.17, 15) is 0 Å². The Morgan fingerprint density at radius 1 is 1.44 bits per heavy atom. The molecule has 0 saturated carbocycles. The summed E-state index contributed by atoms with van der Waals surface area (Å²) in [6.45, 7) is 8.36. The lowest BCUT2D eigenvalue weighted by atomic mass is 10.2. The fourth-order valence-electron chi connectivity index (χ4n) is 2.65. The Balaban J connectivity index is 2.38. The minimum Gasteiger partial charge on any atom is -0.394 e. The fraction of sp³-hybridized carbons (Fsp3) is 0.750. The molecule has 2 N–H and O–H groups in total. The molecule has 0 aromatic carbocycles. The van der Waals surface area contributed by atoms with Crippen molar-refractivity contribution in [3.05, 3.63) is 5.69 Å². The molecule has 1 unspecified atom stereocenters. The van der Waals surface area contributed by atoms with Gasteiger partial charge in [0.1, 0.15) is 0 Å². The summed E-state index contributed by atoms with van der Waals surface area (Å²) in [4.78, 5) is 2.44. The van der Waals surface area contributed by atoms with Crippen molar-refractivity contribution in [2.24, 2.45) is 0 Å². The van der Waals surface area contributed by atoms with Crippen molar-refractivity contribution in [1.82, 2.24) is 9.78 Å². The molecule has 2 rings (SSSR count). The van der Waals surface area contributed by atoms with Crippen LogP contribution in [0.15, 0.2) is 0 Å². The van der Waals surface area contributed by atoms with E-state index in [0.29, 0.717) is 6.04 Å². The molecule has 16 heavy (non-hydrogen) atoms. The van der Waals surface area contributed by atoms with Crippen LogP contribution < -0.4 is 10.6 Å². The second-order valence-corrected chi connectivity index (χ2v) is 4.54. The fourth-order valence-corrected chi connectivity index (χ4v) is 2.65. The van der Waals surface area contributed by atoms with Crippen molar-refractivity contribution in [2.75, 3.05) is 17.2 Å². The van der Waals surface area contributed by atoms with Crippen LogP contribution in [-0.2, 0) is 6.54 Å². The molecular formula is C12H22N4. The van der Waals surface area contributed by atoms with Crippen molar-refractivity contribution in [1.29, 1.82) is 0 Å². The maximum Gasteiger partial charge on any atom is 0.150 e. The maximum absolute atomic E-state index is 6.15. The first-order chi connectivity index (χ1) is 7.69. The molecule has 0 spiro atoms. The molecule has 1 fully saturated rings. The maximum atomic E-state index is 6.15.